The van der Waals surface area contributed by atoms with Crippen molar-refractivity contribution in [1.29, 1.82) is 0 Å². The molecule has 0 aliphatic carbocycles. The standard InChI is InChI=1S/C22H22FN3O2S/c1-14-8-10-26(11-9-14)18-7-6-16(13-17(18)23)24-22(29)25-21(27)20-12-15-4-2-3-5-19(15)28-20/h2-7,12-14H,8-11H2,1H3,(H2,24,25,27,29). The van der Waals surface area contributed by atoms with Gasteiger partial charge in [0.05, 0.1) is 5.69 Å². The third-order valence-corrected chi connectivity index (χ3v) is 5.41. The van der Waals surface area contributed by atoms with Crippen LogP contribution < -0.4 is 15.5 Å². The van der Waals surface area contributed by atoms with Crippen LogP contribution in [-0.4, -0.2) is 24.1 Å². The molecule has 0 atom stereocenters. The summed E-state index contributed by atoms with van der Waals surface area (Å²) in [7, 11) is 0. The van der Waals surface area contributed by atoms with E-state index in [0.717, 1.165) is 31.3 Å². The Morgan fingerprint density at radius 2 is 1.93 bits per heavy atom. The fraction of sp³-hybridized carbons (Fsp3) is 0.273. The molecule has 1 aromatic heterocycles. The van der Waals surface area contributed by atoms with Crippen molar-refractivity contribution in [2.75, 3.05) is 23.3 Å². The summed E-state index contributed by atoms with van der Waals surface area (Å²) in [6, 6.07) is 13.9. The largest absolute Gasteiger partial charge is 0.451 e. The molecule has 1 fully saturated rings. The summed E-state index contributed by atoms with van der Waals surface area (Å²) < 4.78 is 20.1. The summed E-state index contributed by atoms with van der Waals surface area (Å²) in [5.41, 5.74) is 1.70. The second kappa shape index (κ2) is 8.21. The number of benzene rings is 2. The predicted octanol–water partition coefficient (Wildman–Crippen LogP) is 4.94. The van der Waals surface area contributed by atoms with Gasteiger partial charge in [-0.1, -0.05) is 25.1 Å². The van der Waals surface area contributed by atoms with E-state index in [2.05, 4.69) is 22.5 Å². The minimum absolute atomic E-state index is 0.0782. The van der Waals surface area contributed by atoms with Gasteiger partial charge in [0.15, 0.2) is 10.9 Å². The number of amides is 1. The summed E-state index contributed by atoms with van der Waals surface area (Å²) in [6.45, 7) is 3.94. The molecular weight excluding hydrogens is 389 g/mol. The topological polar surface area (TPSA) is 57.5 Å². The fourth-order valence-electron chi connectivity index (χ4n) is 3.51. The van der Waals surface area contributed by atoms with Gasteiger partial charge in [0.1, 0.15) is 11.4 Å². The van der Waals surface area contributed by atoms with E-state index in [1.165, 1.54) is 6.07 Å². The lowest BCUT2D eigenvalue weighted by Crippen LogP contribution is -2.34. The van der Waals surface area contributed by atoms with Gasteiger partial charge in [-0.15, -0.1) is 0 Å². The maximum absolute atomic E-state index is 14.6. The molecule has 0 unspecified atom stereocenters. The van der Waals surface area contributed by atoms with Crippen LogP contribution in [0.5, 0.6) is 0 Å². The summed E-state index contributed by atoms with van der Waals surface area (Å²) in [4.78, 5) is 14.4. The molecule has 7 heteroatoms. The Morgan fingerprint density at radius 3 is 2.66 bits per heavy atom. The van der Waals surface area contributed by atoms with Crippen molar-refractivity contribution in [3.05, 3.63) is 60.1 Å². The van der Waals surface area contributed by atoms with Crippen LogP contribution in [0.15, 0.2) is 52.9 Å². The average molecular weight is 412 g/mol. The monoisotopic (exact) mass is 411 g/mol. The van der Waals surface area contributed by atoms with Crippen LogP contribution in [0, 0.1) is 11.7 Å². The molecule has 2 heterocycles. The maximum Gasteiger partial charge on any atom is 0.293 e. The fourth-order valence-corrected chi connectivity index (χ4v) is 3.72. The SMILES string of the molecule is CC1CCN(c2ccc(NC(=S)NC(=O)c3cc4ccccc4o3)cc2F)CC1. The molecule has 5 nitrogen and oxygen atoms in total. The molecule has 1 aliphatic rings. The van der Waals surface area contributed by atoms with Gasteiger partial charge in [0.2, 0.25) is 0 Å². The van der Waals surface area contributed by atoms with Crippen molar-refractivity contribution >= 4 is 45.6 Å². The van der Waals surface area contributed by atoms with E-state index >= 15 is 0 Å². The smallest absolute Gasteiger partial charge is 0.293 e. The molecule has 0 radical (unpaired) electrons. The highest BCUT2D eigenvalue weighted by atomic mass is 32.1. The zero-order chi connectivity index (χ0) is 20.4. The molecule has 150 valence electrons. The number of nitrogens with one attached hydrogen (secondary N) is 2. The highest BCUT2D eigenvalue weighted by molar-refractivity contribution is 7.80. The second-order valence-corrected chi connectivity index (χ2v) is 7.80. The number of hydrogen-bond donors (Lipinski definition) is 2. The van der Waals surface area contributed by atoms with Crippen LogP contribution in [0.25, 0.3) is 11.0 Å². The molecule has 0 saturated carbocycles. The Labute approximate surface area is 173 Å². The number of anilines is 2. The molecule has 2 N–H and O–H groups in total. The lowest BCUT2D eigenvalue weighted by molar-refractivity contribution is 0.0953. The van der Waals surface area contributed by atoms with Crippen molar-refractivity contribution in [3.63, 3.8) is 0 Å². The van der Waals surface area contributed by atoms with Crippen LogP contribution >= 0.6 is 12.2 Å². The number of hydrogen-bond acceptors (Lipinski definition) is 4. The number of furan rings is 1. The van der Waals surface area contributed by atoms with Crippen LogP contribution in [0.1, 0.15) is 30.3 Å². The van der Waals surface area contributed by atoms with E-state index in [4.69, 9.17) is 16.6 Å². The van der Waals surface area contributed by atoms with Crippen molar-refractivity contribution in [2.24, 2.45) is 5.92 Å². The van der Waals surface area contributed by atoms with Crippen LogP contribution in [0.4, 0.5) is 15.8 Å². The Morgan fingerprint density at radius 1 is 1.17 bits per heavy atom. The zero-order valence-corrected chi connectivity index (χ0v) is 16.9. The highest BCUT2D eigenvalue weighted by Crippen LogP contribution is 2.27. The molecule has 1 saturated heterocycles. The van der Waals surface area contributed by atoms with Gasteiger partial charge < -0.3 is 14.6 Å². The van der Waals surface area contributed by atoms with E-state index in [1.54, 1.807) is 24.3 Å². The first-order valence-corrected chi connectivity index (χ1v) is 10.1. The Bertz CT molecular complexity index is 1020. The van der Waals surface area contributed by atoms with Crippen LogP contribution in [0.2, 0.25) is 0 Å². The highest BCUT2D eigenvalue weighted by Gasteiger charge is 2.19. The lowest BCUT2D eigenvalue weighted by atomic mass is 9.99. The van der Waals surface area contributed by atoms with E-state index < -0.39 is 5.91 Å². The molecular formula is C22H22FN3O2S. The normalized spacial score (nSPS) is 14.8. The van der Waals surface area contributed by atoms with Gasteiger partial charge in [-0.25, -0.2) is 4.39 Å². The number of nitrogens with zero attached hydrogens (tertiary/aromatic N) is 1. The number of piperidine rings is 1. The molecule has 0 spiro atoms. The van der Waals surface area contributed by atoms with Crippen molar-refractivity contribution in [3.8, 4) is 0 Å². The number of carbonyl (C=O) groups is 1. The first kappa shape index (κ1) is 19.4. The van der Waals surface area contributed by atoms with Gasteiger partial charge in [0, 0.05) is 24.2 Å². The molecule has 3 aromatic rings. The van der Waals surface area contributed by atoms with Gasteiger partial charge in [-0.3, -0.25) is 10.1 Å². The molecule has 29 heavy (non-hydrogen) atoms. The summed E-state index contributed by atoms with van der Waals surface area (Å²) >= 11 is 5.19. The summed E-state index contributed by atoms with van der Waals surface area (Å²) in [6.07, 6.45) is 2.13. The number of rotatable bonds is 3. The predicted molar refractivity (Wildman–Crippen MR) is 117 cm³/mol. The number of thiocarbonyl (C=S) groups is 1. The van der Waals surface area contributed by atoms with Gasteiger partial charge in [-0.05, 0) is 61.3 Å². The number of halogens is 1. The molecule has 1 aliphatic heterocycles. The Kier molecular flexibility index (Phi) is 5.49. The number of para-hydroxylation sites is 1. The number of fused-ring (bicyclic) bond motifs is 1. The molecule has 1 amide bonds. The Hall–Kier alpha value is -2.93. The summed E-state index contributed by atoms with van der Waals surface area (Å²) in [5.74, 6) is 0.0772. The number of carbonyl (C=O) groups excluding carboxylic acids is 1. The Balaban J connectivity index is 1.39. The maximum atomic E-state index is 14.6. The first-order chi connectivity index (χ1) is 14.0. The van der Waals surface area contributed by atoms with Crippen molar-refractivity contribution in [2.45, 2.75) is 19.8 Å². The molecule has 4 rings (SSSR count). The van der Waals surface area contributed by atoms with Gasteiger partial charge in [-0.2, -0.15) is 0 Å². The van der Waals surface area contributed by atoms with E-state index in [-0.39, 0.29) is 16.7 Å². The zero-order valence-electron chi connectivity index (χ0n) is 16.1. The minimum Gasteiger partial charge on any atom is -0.451 e. The minimum atomic E-state index is -0.460. The van der Waals surface area contributed by atoms with Gasteiger partial charge in [0.25, 0.3) is 5.91 Å². The average Bonchev–Trinajstić information content (AvgIpc) is 3.13. The lowest BCUT2D eigenvalue weighted by Gasteiger charge is -2.32. The second-order valence-electron chi connectivity index (χ2n) is 7.39. The summed E-state index contributed by atoms with van der Waals surface area (Å²) in [5, 5.41) is 6.33. The van der Waals surface area contributed by atoms with E-state index in [1.807, 2.05) is 18.2 Å². The quantitative estimate of drug-likeness (QED) is 0.598. The van der Waals surface area contributed by atoms with E-state index in [0.29, 0.717) is 22.9 Å². The third kappa shape index (κ3) is 4.40. The molecule has 0 bridgehead atoms. The van der Waals surface area contributed by atoms with Crippen LogP contribution in [0.3, 0.4) is 0 Å². The first-order valence-electron chi connectivity index (χ1n) is 9.65. The van der Waals surface area contributed by atoms with Crippen LogP contribution in [-0.2, 0) is 0 Å². The molecule has 2 aromatic carbocycles. The van der Waals surface area contributed by atoms with E-state index in [9.17, 15) is 9.18 Å². The van der Waals surface area contributed by atoms with Gasteiger partial charge >= 0.3 is 0 Å². The van der Waals surface area contributed by atoms with Crippen molar-refractivity contribution in [1.82, 2.24) is 5.32 Å². The third-order valence-electron chi connectivity index (χ3n) is 5.21. The van der Waals surface area contributed by atoms with Crippen molar-refractivity contribution < 1.29 is 13.6 Å².